The molecule has 0 fully saturated rings. The molecular formula is C25H27N3O3. The lowest BCUT2D eigenvalue weighted by Gasteiger charge is -2.13. The van der Waals surface area contributed by atoms with Crippen molar-refractivity contribution in [1.29, 1.82) is 0 Å². The molecule has 6 heteroatoms. The number of aryl methyl sites for hydroxylation is 1. The van der Waals surface area contributed by atoms with Gasteiger partial charge in [-0.2, -0.15) is 0 Å². The molecule has 6 nitrogen and oxygen atoms in total. The van der Waals surface area contributed by atoms with Gasteiger partial charge in [0, 0.05) is 23.5 Å². The van der Waals surface area contributed by atoms with Crippen LogP contribution in [0.2, 0.25) is 0 Å². The van der Waals surface area contributed by atoms with Crippen molar-refractivity contribution in [2.45, 2.75) is 33.4 Å². The van der Waals surface area contributed by atoms with Gasteiger partial charge in [-0.05, 0) is 68.3 Å². The first-order chi connectivity index (χ1) is 14.9. The Kier molecular flexibility index (Phi) is 7.27. The average Bonchev–Trinajstić information content (AvgIpc) is 2.74. The number of carbonyl (C=O) groups excluding carboxylic acids is 2. The van der Waals surface area contributed by atoms with Crippen LogP contribution in [0.1, 0.15) is 35.3 Å². The third-order valence-corrected chi connectivity index (χ3v) is 4.50. The highest BCUT2D eigenvalue weighted by Gasteiger charge is 2.11. The summed E-state index contributed by atoms with van der Waals surface area (Å²) < 4.78 is 5.68. The van der Waals surface area contributed by atoms with E-state index in [4.69, 9.17) is 4.74 Å². The molecule has 0 aromatic heterocycles. The van der Waals surface area contributed by atoms with Gasteiger partial charge < -0.3 is 20.7 Å². The van der Waals surface area contributed by atoms with Crippen LogP contribution < -0.4 is 20.7 Å². The number of rotatable bonds is 7. The highest BCUT2D eigenvalue weighted by Crippen LogP contribution is 2.19. The van der Waals surface area contributed by atoms with Gasteiger partial charge in [-0.15, -0.1) is 0 Å². The maximum absolute atomic E-state index is 12.5. The summed E-state index contributed by atoms with van der Waals surface area (Å²) in [5, 5.41) is 8.51. The molecule has 0 heterocycles. The van der Waals surface area contributed by atoms with Gasteiger partial charge in [-0.3, -0.25) is 4.79 Å². The predicted molar refractivity (Wildman–Crippen MR) is 124 cm³/mol. The van der Waals surface area contributed by atoms with Crippen molar-refractivity contribution in [2.24, 2.45) is 0 Å². The van der Waals surface area contributed by atoms with Crippen LogP contribution in [0, 0.1) is 6.92 Å². The second-order valence-corrected chi connectivity index (χ2v) is 7.47. The van der Waals surface area contributed by atoms with Crippen LogP contribution in [0.3, 0.4) is 0 Å². The van der Waals surface area contributed by atoms with Crippen molar-refractivity contribution in [3.8, 4) is 5.75 Å². The molecule has 3 rings (SSSR count). The monoisotopic (exact) mass is 417 g/mol. The maximum Gasteiger partial charge on any atom is 0.319 e. The van der Waals surface area contributed by atoms with Crippen molar-refractivity contribution in [2.75, 3.05) is 10.6 Å². The quantitative estimate of drug-likeness (QED) is 0.484. The fourth-order valence-corrected chi connectivity index (χ4v) is 2.97. The van der Waals surface area contributed by atoms with Crippen LogP contribution >= 0.6 is 0 Å². The molecule has 3 amide bonds. The fraction of sp³-hybridized carbons (Fsp3) is 0.200. The molecule has 0 saturated carbocycles. The van der Waals surface area contributed by atoms with Gasteiger partial charge in [0.1, 0.15) is 5.75 Å². The number of anilines is 2. The van der Waals surface area contributed by atoms with Crippen LogP contribution in [0.4, 0.5) is 16.2 Å². The first kappa shape index (κ1) is 21.9. The molecule has 0 unspecified atom stereocenters. The van der Waals surface area contributed by atoms with Gasteiger partial charge >= 0.3 is 6.03 Å². The third kappa shape index (κ3) is 6.60. The molecule has 3 aromatic rings. The van der Waals surface area contributed by atoms with E-state index in [0.717, 1.165) is 16.9 Å². The first-order valence-corrected chi connectivity index (χ1v) is 10.2. The number of nitrogens with one attached hydrogen (secondary N) is 3. The Morgan fingerprint density at radius 3 is 2.42 bits per heavy atom. The first-order valence-electron chi connectivity index (χ1n) is 10.2. The molecular weight excluding hydrogens is 390 g/mol. The lowest BCUT2D eigenvalue weighted by atomic mass is 10.1. The number of urea groups is 1. The summed E-state index contributed by atoms with van der Waals surface area (Å²) in [6.07, 6.45) is 0.0841. The summed E-state index contributed by atoms with van der Waals surface area (Å²) >= 11 is 0. The molecule has 0 aliphatic carbocycles. The molecule has 0 aliphatic heterocycles. The standard InChI is InChI=1S/C25H27N3O3/c1-17(2)31-22-11-7-8-19(14-22)16-26-25(30)28-23-15-20(13-12-18(23)3)24(29)27-21-9-5-4-6-10-21/h4-15,17H,16H2,1-3H3,(H,27,29)(H2,26,28,30). The van der Waals surface area contributed by atoms with E-state index in [9.17, 15) is 9.59 Å². The SMILES string of the molecule is Cc1ccc(C(=O)Nc2ccccc2)cc1NC(=O)NCc1cccc(OC(C)C)c1. The van der Waals surface area contributed by atoms with Crippen molar-refractivity contribution >= 4 is 23.3 Å². The highest BCUT2D eigenvalue weighted by molar-refractivity contribution is 6.05. The fourth-order valence-electron chi connectivity index (χ4n) is 2.97. The van der Waals surface area contributed by atoms with Crippen LogP contribution in [0.5, 0.6) is 5.75 Å². The summed E-state index contributed by atoms with van der Waals surface area (Å²) in [4.78, 5) is 24.9. The summed E-state index contributed by atoms with van der Waals surface area (Å²) in [6, 6.07) is 21.7. The third-order valence-electron chi connectivity index (χ3n) is 4.50. The summed E-state index contributed by atoms with van der Waals surface area (Å²) in [7, 11) is 0. The lowest BCUT2D eigenvalue weighted by molar-refractivity contribution is 0.102. The van der Waals surface area contributed by atoms with E-state index in [1.165, 1.54) is 0 Å². The van der Waals surface area contributed by atoms with E-state index in [2.05, 4.69) is 16.0 Å². The Labute approximate surface area is 182 Å². The Balaban J connectivity index is 1.61. The van der Waals surface area contributed by atoms with E-state index in [1.54, 1.807) is 12.1 Å². The zero-order valence-corrected chi connectivity index (χ0v) is 17.9. The molecule has 160 valence electrons. The minimum absolute atomic E-state index is 0.0841. The summed E-state index contributed by atoms with van der Waals surface area (Å²) in [5.74, 6) is 0.527. The lowest BCUT2D eigenvalue weighted by Crippen LogP contribution is -2.28. The number of hydrogen-bond donors (Lipinski definition) is 3. The molecule has 3 N–H and O–H groups in total. The van der Waals surface area contributed by atoms with Crippen molar-refractivity contribution in [3.05, 3.63) is 89.5 Å². The average molecular weight is 418 g/mol. The zero-order valence-electron chi connectivity index (χ0n) is 17.9. The van der Waals surface area contributed by atoms with Crippen LogP contribution in [0.15, 0.2) is 72.8 Å². The second kappa shape index (κ2) is 10.3. The smallest absolute Gasteiger partial charge is 0.319 e. The topological polar surface area (TPSA) is 79.5 Å². The minimum Gasteiger partial charge on any atom is -0.491 e. The molecule has 31 heavy (non-hydrogen) atoms. The van der Waals surface area contributed by atoms with Gasteiger partial charge in [0.15, 0.2) is 0 Å². The molecule has 3 aromatic carbocycles. The van der Waals surface area contributed by atoms with Crippen LogP contribution in [-0.4, -0.2) is 18.0 Å². The Hall–Kier alpha value is -3.80. The van der Waals surface area contributed by atoms with Gasteiger partial charge in [0.2, 0.25) is 0 Å². The largest absolute Gasteiger partial charge is 0.491 e. The summed E-state index contributed by atoms with van der Waals surface area (Å²) in [6.45, 7) is 6.17. The van der Waals surface area contributed by atoms with Crippen molar-refractivity contribution in [1.82, 2.24) is 5.32 Å². The Bertz CT molecular complexity index is 1050. The van der Waals surface area contributed by atoms with Crippen molar-refractivity contribution in [3.63, 3.8) is 0 Å². The van der Waals surface area contributed by atoms with Crippen LogP contribution in [0.25, 0.3) is 0 Å². The number of hydrogen-bond acceptors (Lipinski definition) is 3. The normalized spacial score (nSPS) is 10.5. The van der Waals surface area contributed by atoms with E-state index >= 15 is 0 Å². The zero-order chi connectivity index (χ0) is 22.2. The molecule has 0 spiro atoms. The van der Waals surface area contributed by atoms with E-state index in [1.807, 2.05) is 81.4 Å². The van der Waals surface area contributed by atoms with Crippen molar-refractivity contribution < 1.29 is 14.3 Å². The maximum atomic E-state index is 12.5. The number of carbonyl (C=O) groups is 2. The van der Waals surface area contributed by atoms with E-state index in [-0.39, 0.29) is 18.0 Å². The highest BCUT2D eigenvalue weighted by atomic mass is 16.5. The summed E-state index contributed by atoms with van der Waals surface area (Å²) in [5.41, 5.74) is 3.54. The Morgan fingerprint density at radius 2 is 1.68 bits per heavy atom. The van der Waals surface area contributed by atoms with Gasteiger partial charge in [-0.25, -0.2) is 4.79 Å². The minimum atomic E-state index is -0.348. The van der Waals surface area contributed by atoms with Gasteiger partial charge in [0.25, 0.3) is 5.91 Å². The molecule has 0 bridgehead atoms. The number of benzene rings is 3. The molecule has 0 saturated heterocycles. The molecule has 0 aliphatic rings. The molecule has 0 atom stereocenters. The van der Waals surface area contributed by atoms with E-state index in [0.29, 0.717) is 23.5 Å². The molecule has 0 radical (unpaired) electrons. The number of amides is 3. The number of para-hydroxylation sites is 1. The van der Waals surface area contributed by atoms with E-state index < -0.39 is 0 Å². The van der Waals surface area contributed by atoms with Crippen LogP contribution in [-0.2, 0) is 6.54 Å². The Morgan fingerprint density at radius 1 is 0.903 bits per heavy atom. The number of ether oxygens (including phenoxy) is 1. The van der Waals surface area contributed by atoms with Gasteiger partial charge in [0.05, 0.1) is 6.10 Å². The predicted octanol–water partition coefficient (Wildman–Crippen LogP) is 5.36. The van der Waals surface area contributed by atoms with Gasteiger partial charge in [-0.1, -0.05) is 36.4 Å². The second-order valence-electron chi connectivity index (χ2n) is 7.47.